The number of benzene rings is 1. The SMILES string of the molecule is Cc1nc(-c2cccc(NC(=O)c3nc(S(C)(=O)=O)n4ccccc34)c2)n[nH]1. The summed E-state index contributed by atoms with van der Waals surface area (Å²) in [5.74, 6) is 0.685. The number of carbonyl (C=O) groups is 1. The van der Waals surface area contributed by atoms with E-state index >= 15 is 0 Å². The van der Waals surface area contributed by atoms with Gasteiger partial charge in [0, 0.05) is 23.7 Å². The second kappa shape index (κ2) is 6.57. The number of hydrogen-bond donors (Lipinski definition) is 2. The number of carbonyl (C=O) groups excluding carboxylic acids is 1. The van der Waals surface area contributed by atoms with Crippen molar-refractivity contribution in [3.05, 3.63) is 60.2 Å². The summed E-state index contributed by atoms with van der Waals surface area (Å²) in [6.45, 7) is 1.80. The van der Waals surface area contributed by atoms with Crippen molar-refractivity contribution in [1.29, 1.82) is 0 Å². The number of amides is 1. The molecule has 0 aliphatic heterocycles. The molecule has 3 aromatic heterocycles. The molecule has 0 aliphatic rings. The third-order valence-electron chi connectivity index (χ3n) is 4.04. The molecule has 1 aromatic carbocycles. The highest BCUT2D eigenvalue weighted by molar-refractivity contribution is 7.90. The molecule has 0 aliphatic carbocycles. The number of rotatable bonds is 4. The number of aryl methyl sites for hydroxylation is 1. The summed E-state index contributed by atoms with van der Waals surface area (Å²) in [5.41, 5.74) is 1.68. The van der Waals surface area contributed by atoms with Gasteiger partial charge < -0.3 is 5.32 Å². The van der Waals surface area contributed by atoms with Gasteiger partial charge in [0.1, 0.15) is 5.82 Å². The predicted octanol–water partition coefficient (Wildman–Crippen LogP) is 2.08. The van der Waals surface area contributed by atoms with Crippen LogP contribution in [0.3, 0.4) is 0 Å². The Morgan fingerprint density at radius 2 is 1.96 bits per heavy atom. The average molecular weight is 396 g/mol. The third kappa shape index (κ3) is 3.25. The van der Waals surface area contributed by atoms with Crippen molar-refractivity contribution in [1.82, 2.24) is 24.6 Å². The molecule has 0 saturated heterocycles. The summed E-state index contributed by atoms with van der Waals surface area (Å²) >= 11 is 0. The first-order chi connectivity index (χ1) is 13.3. The maximum atomic E-state index is 12.8. The van der Waals surface area contributed by atoms with Crippen LogP contribution in [0.1, 0.15) is 16.3 Å². The van der Waals surface area contributed by atoms with E-state index < -0.39 is 15.7 Å². The molecule has 0 spiro atoms. The van der Waals surface area contributed by atoms with E-state index in [1.165, 1.54) is 4.40 Å². The molecule has 2 N–H and O–H groups in total. The molecule has 0 saturated carbocycles. The minimum absolute atomic E-state index is 0.0279. The average Bonchev–Trinajstić information content (AvgIpc) is 3.25. The maximum Gasteiger partial charge on any atom is 0.276 e. The van der Waals surface area contributed by atoms with Crippen molar-refractivity contribution >= 4 is 26.9 Å². The summed E-state index contributed by atoms with van der Waals surface area (Å²) in [4.78, 5) is 21.1. The van der Waals surface area contributed by atoms with Gasteiger partial charge in [-0.1, -0.05) is 18.2 Å². The molecule has 4 aromatic rings. The fourth-order valence-corrected chi connectivity index (χ4v) is 3.61. The minimum Gasteiger partial charge on any atom is -0.321 e. The summed E-state index contributed by atoms with van der Waals surface area (Å²) in [5, 5.41) is 9.45. The number of pyridine rings is 1. The Labute approximate surface area is 160 Å². The number of sulfone groups is 1. The molecule has 0 atom stereocenters. The van der Waals surface area contributed by atoms with Crippen LogP contribution in [0.2, 0.25) is 0 Å². The van der Waals surface area contributed by atoms with Gasteiger partial charge in [-0.3, -0.25) is 14.3 Å². The summed E-state index contributed by atoms with van der Waals surface area (Å²) in [6, 6.07) is 12.1. The zero-order valence-corrected chi connectivity index (χ0v) is 15.9. The van der Waals surface area contributed by atoms with Crippen LogP contribution < -0.4 is 5.32 Å². The lowest BCUT2D eigenvalue weighted by Crippen LogP contribution is -2.13. The smallest absolute Gasteiger partial charge is 0.276 e. The van der Waals surface area contributed by atoms with E-state index in [2.05, 4.69) is 25.5 Å². The van der Waals surface area contributed by atoms with Crippen LogP contribution in [-0.2, 0) is 9.84 Å². The summed E-state index contributed by atoms with van der Waals surface area (Å²) < 4.78 is 25.4. The van der Waals surface area contributed by atoms with Gasteiger partial charge in [0.25, 0.3) is 5.91 Å². The van der Waals surface area contributed by atoms with Gasteiger partial charge in [0.15, 0.2) is 11.5 Å². The number of nitrogens with zero attached hydrogens (tertiary/aromatic N) is 4. The van der Waals surface area contributed by atoms with Crippen molar-refractivity contribution in [2.24, 2.45) is 0 Å². The van der Waals surface area contributed by atoms with E-state index in [1.54, 1.807) is 49.5 Å². The molecular weight excluding hydrogens is 380 g/mol. The van der Waals surface area contributed by atoms with E-state index in [-0.39, 0.29) is 10.9 Å². The van der Waals surface area contributed by atoms with Gasteiger partial charge in [-0.2, -0.15) is 5.10 Å². The van der Waals surface area contributed by atoms with Gasteiger partial charge in [0.05, 0.1) is 5.52 Å². The Morgan fingerprint density at radius 3 is 2.68 bits per heavy atom. The van der Waals surface area contributed by atoms with Crippen LogP contribution in [0.4, 0.5) is 5.69 Å². The number of hydrogen-bond acceptors (Lipinski definition) is 6. The molecule has 9 nitrogen and oxygen atoms in total. The lowest BCUT2D eigenvalue weighted by molar-refractivity contribution is 0.102. The van der Waals surface area contributed by atoms with E-state index in [4.69, 9.17) is 0 Å². The normalized spacial score (nSPS) is 11.6. The largest absolute Gasteiger partial charge is 0.321 e. The second-order valence-corrected chi connectivity index (χ2v) is 8.16. The Balaban J connectivity index is 1.70. The number of aromatic amines is 1. The molecule has 3 heterocycles. The second-order valence-electron chi connectivity index (χ2n) is 6.25. The van der Waals surface area contributed by atoms with Gasteiger partial charge in [-0.25, -0.2) is 18.4 Å². The van der Waals surface area contributed by atoms with Crippen molar-refractivity contribution in [2.45, 2.75) is 12.1 Å². The highest BCUT2D eigenvalue weighted by atomic mass is 32.2. The van der Waals surface area contributed by atoms with Crippen molar-refractivity contribution < 1.29 is 13.2 Å². The minimum atomic E-state index is -3.60. The molecule has 1 amide bonds. The van der Waals surface area contributed by atoms with Crippen molar-refractivity contribution in [3.8, 4) is 11.4 Å². The molecule has 0 fully saturated rings. The van der Waals surface area contributed by atoms with E-state index in [1.807, 2.05) is 6.07 Å². The lowest BCUT2D eigenvalue weighted by atomic mass is 10.2. The van der Waals surface area contributed by atoms with Gasteiger partial charge in [-0.15, -0.1) is 0 Å². The van der Waals surface area contributed by atoms with Crippen LogP contribution in [0, 0.1) is 6.92 Å². The molecule has 142 valence electrons. The number of nitrogens with one attached hydrogen (secondary N) is 2. The predicted molar refractivity (Wildman–Crippen MR) is 103 cm³/mol. The van der Waals surface area contributed by atoms with Gasteiger partial charge >= 0.3 is 0 Å². The van der Waals surface area contributed by atoms with E-state index in [0.29, 0.717) is 22.9 Å². The first-order valence-electron chi connectivity index (χ1n) is 8.31. The topological polar surface area (TPSA) is 122 Å². The fourth-order valence-electron chi connectivity index (χ4n) is 2.84. The van der Waals surface area contributed by atoms with Gasteiger partial charge in [0.2, 0.25) is 15.0 Å². The number of fused-ring (bicyclic) bond motifs is 1. The van der Waals surface area contributed by atoms with Crippen LogP contribution in [0.15, 0.2) is 53.8 Å². The molecule has 28 heavy (non-hydrogen) atoms. The van der Waals surface area contributed by atoms with Crippen LogP contribution in [0.25, 0.3) is 16.9 Å². The summed E-state index contributed by atoms with van der Waals surface area (Å²) in [6.07, 6.45) is 2.61. The zero-order valence-electron chi connectivity index (χ0n) is 15.0. The van der Waals surface area contributed by atoms with Crippen LogP contribution in [0.5, 0.6) is 0 Å². The van der Waals surface area contributed by atoms with Crippen molar-refractivity contribution in [2.75, 3.05) is 11.6 Å². The zero-order chi connectivity index (χ0) is 19.9. The molecule has 0 unspecified atom stereocenters. The third-order valence-corrected chi connectivity index (χ3v) is 4.99. The standard InChI is InChI=1S/C18H16N6O3S/c1-11-19-16(23-22-11)12-6-5-7-13(10-12)20-17(25)15-14-8-3-4-9-24(14)18(21-15)28(2,26)27/h3-10H,1-2H3,(H,20,25)(H,19,22,23). The monoisotopic (exact) mass is 396 g/mol. The molecule has 0 bridgehead atoms. The lowest BCUT2D eigenvalue weighted by Gasteiger charge is -2.05. The first kappa shape index (κ1) is 17.9. The molecule has 0 radical (unpaired) electrons. The fraction of sp³-hybridized carbons (Fsp3) is 0.111. The van der Waals surface area contributed by atoms with Crippen LogP contribution in [-0.4, -0.2) is 45.1 Å². The Morgan fingerprint density at radius 1 is 1.14 bits per heavy atom. The Bertz CT molecular complexity index is 1310. The maximum absolute atomic E-state index is 12.8. The number of H-pyrrole nitrogens is 1. The number of imidazole rings is 1. The Kier molecular flexibility index (Phi) is 4.19. The van der Waals surface area contributed by atoms with Crippen molar-refractivity contribution in [3.63, 3.8) is 0 Å². The van der Waals surface area contributed by atoms with Gasteiger partial charge in [-0.05, 0) is 31.2 Å². The van der Waals surface area contributed by atoms with Crippen LogP contribution >= 0.6 is 0 Å². The Hall–Kier alpha value is -3.53. The highest BCUT2D eigenvalue weighted by Gasteiger charge is 2.22. The van der Waals surface area contributed by atoms with E-state index in [0.717, 1.165) is 11.8 Å². The van der Waals surface area contributed by atoms with E-state index in [9.17, 15) is 13.2 Å². The molecular formula is C18H16N6O3S. The number of aromatic nitrogens is 5. The highest BCUT2D eigenvalue weighted by Crippen LogP contribution is 2.22. The molecule has 4 rings (SSSR count). The summed E-state index contributed by atoms with van der Waals surface area (Å²) in [7, 11) is -3.60. The molecule has 10 heteroatoms. The number of anilines is 1. The quantitative estimate of drug-likeness (QED) is 0.545. The first-order valence-corrected chi connectivity index (χ1v) is 10.2.